The van der Waals surface area contributed by atoms with Crippen molar-refractivity contribution in [3.63, 3.8) is 0 Å². The van der Waals surface area contributed by atoms with Crippen LogP contribution in [0.3, 0.4) is 0 Å². The topological polar surface area (TPSA) is 203 Å². The van der Waals surface area contributed by atoms with Gasteiger partial charge in [-0.3, -0.25) is 0 Å². The summed E-state index contributed by atoms with van der Waals surface area (Å²) < 4.78 is 0. The SMILES string of the molecule is N.NC(=O)N=NC(N)=O.O=C(O)O. The maximum Gasteiger partial charge on any atom is 0.503 e. The van der Waals surface area contributed by atoms with Crippen LogP contribution in [-0.4, -0.2) is 28.4 Å². The Hall–Kier alpha value is -2.23. The number of rotatable bonds is 0. The van der Waals surface area contributed by atoms with E-state index in [1.165, 1.54) is 0 Å². The molecule has 0 aliphatic heterocycles. The summed E-state index contributed by atoms with van der Waals surface area (Å²) in [5, 5.41) is 19.2. The standard InChI is InChI=1S/C2H4N4O2.CH2O3.H3N/c3-1(7)5-6-2(4)8;2-1(3)4;/h(H2,3,7)(H2,4,8);(H2,2,3,4);1H3. The molecular weight excluding hydrogens is 186 g/mol. The summed E-state index contributed by atoms with van der Waals surface area (Å²) in [7, 11) is 0. The summed E-state index contributed by atoms with van der Waals surface area (Å²) in [4.78, 5) is 27.9. The Labute approximate surface area is 71.8 Å². The number of nitrogens with zero attached hydrogens (tertiary/aromatic N) is 2. The minimum Gasteiger partial charge on any atom is -0.450 e. The number of urea groups is 2. The second-order valence-corrected chi connectivity index (χ2v) is 1.16. The molecule has 9 N–H and O–H groups in total. The van der Waals surface area contributed by atoms with Crippen LogP contribution in [0.4, 0.5) is 14.4 Å². The van der Waals surface area contributed by atoms with Gasteiger partial charge >= 0.3 is 18.2 Å². The highest BCUT2D eigenvalue weighted by Crippen LogP contribution is 1.72. The molecule has 0 radical (unpaired) electrons. The summed E-state index contributed by atoms with van der Waals surface area (Å²) in [6, 6.07) is -2.08. The van der Waals surface area contributed by atoms with E-state index in [1.54, 1.807) is 0 Å². The number of carbonyl (C=O) groups is 3. The van der Waals surface area contributed by atoms with Crippen molar-refractivity contribution < 1.29 is 24.6 Å². The molecule has 0 aliphatic carbocycles. The van der Waals surface area contributed by atoms with Crippen molar-refractivity contribution in [3.8, 4) is 0 Å². The maximum absolute atomic E-state index is 9.66. The summed E-state index contributed by atoms with van der Waals surface area (Å²) in [6.07, 6.45) is -1.83. The van der Waals surface area contributed by atoms with Gasteiger partial charge in [0, 0.05) is 0 Å². The van der Waals surface area contributed by atoms with E-state index in [2.05, 4.69) is 21.7 Å². The van der Waals surface area contributed by atoms with E-state index in [0.717, 1.165) is 0 Å². The molecule has 0 aromatic heterocycles. The third kappa shape index (κ3) is 76.9. The molecule has 0 bridgehead atoms. The Morgan fingerprint density at radius 3 is 1.15 bits per heavy atom. The Balaban J connectivity index is -0.000000173. The van der Waals surface area contributed by atoms with Crippen LogP contribution in [-0.2, 0) is 0 Å². The van der Waals surface area contributed by atoms with E-state index in [-0.39, 0.29) is 6.15 Å². The number of carboxylic acid groups (broad SMARTS) is 2. The van der Waals surface area contributed by atoms with Crippen molar-refractivity contribution in [3.05, 3.63) is 0 Å². The smallest absolute Gasteiger partial charge is 0.450 e. The maximum atomic E-state index is 9.66. The minimum absolute atomic E-state index is 0. The fourth-order valence-electron chi connectivity index (χ4n) is 0.0986. The quantitative estimate of drug-likeness (QED) is 0.335. The van der Waals surface area contributed by atoms with E-state index in [9.17, 15) is 9.59 Å². The van der Waals surface area contributed by atoms with Crippen LogP contribution in [0.25, 0.3) is 0 Å². The highest BCUT2D eigenvalue weighted by Gasteiger charge is 1.86. The summed E-state index contributed by atoms with van der Waals surface area (Å²) in [5.41, 5.74) is 8.87. The monoisotopic (exact) mass is 195 g/mol. The molecule has 0 unspecified atom stereocenters. The van der Waals surface area contributed by atoms with Crippen molar-refractivity contribution in [2.24, 2.45) is 21.7 Å². The largest absolute Gasteiger partial charge is 0.503 e. The third-order valence-corrected chi connectivity index (χ3v) is 0.247. The molecule has 10 nitrogen and oxygen atoms in total. The molecule has 13 heavy (non-hydrogen) atoms. The number of primary amides is 2. The van der Waals surface area contributed by atoms with E-state index >= 15 is 0 Å². The molecule has 76 valence electrons. The lowest BCUT2D eigenvalue weighted by Gasteiger charge is -1.74. The zero-order valence-electron chi connectivity index (χ0n) is 6.38. The van der Waals surface area contributed by atoms with Gasteiger partial charge in [0.25, 0.3) is 0 Å². The first-order valence-corrected chi connectivity index (χ1v) is 2.28. The van der Waals surface area contributed by atoms with Crippen molar-refractivity contribution in [2.45, 2.75) is 0 Å². The third-order valence-electron chi connectivity index (χ3n) is 0.247. The molecule has 4 amide bonds. The molecule has 0 saturated heterocycles. The summed E-state index contributed by atoms with van der Waals surface area (Å²) in [6.45, 7) is 0. The zero-order chi connectivity index (χ0) is 10.1. The Bertz CT molecular complexity index is 192. The number of hydrogen-bond acceptors (Lipinski definition) is 4. The first kappa shape index (κ1) is 17.0. The Morgan fingerprint density at radius 1 is 0.923 bits per heavy atom. The molecule has 0 aromatic carbocycles. The van der Waals surface area contributed by atoms with Crippen LogP contribution in [0.15, 0.2) is 10.2 Å². The van der Waals surface area contributed by atoms with Crippen molar-refractivity contribution in [1.29, 1.82) is 0 Å². The van der Waals surface area contributed by atoms with Gasteiger partial charge in [-0.2, -0.15) is 0 Å². The fraction of sp³-hybridized carbons (Fsp3) is 0. The number of carbonyl (C=O) groups excluding carboxylic acids is 2. The highest BCUT2D eigenvalue weighted by atomic mass is 16.6. The Kier molecular flexibility index (Phi) is 12.8. The van der Waals surface area contributed by atoms with Gasteiger partial charge in [0.05, 0.1) is 0 Å². The molecule has 0 rings (SSSR count). The predicted octanol–water partition coefficient (Wildman–Crippen LogP) is -0.0196. The van der Waals surface area contributed by atoms with Gasteiger partial charge in [-0.05, 0) is 0 Å². The van der Waals surface area contributed by atoms with E-state index < -0.39 is 18.2 Å². The number of amides is 4. The highest BCUT2D eigenvalue weighted by molar-refractivity contribution is 5.77. The molecule has 0 aliphatic rings. The molecule has 0 atom stereocenters. The molecule has 10 heteroatoms. The Morgan fingerprint density at radius 2 is 1.08 bits per heavy atom. The van der Waals surface area contributed by atoms with Gasteiger partial charge in [0.1, 0.15) is 0 Å². The van der Waals surface area contributed by atoms with Gasteiger partial charge in [0.15, 0.2) is 0 Å². The van der Waals surface area contributed by atoms with Crippen LogP contribution in [0.2, 0.25) is 0 Å². The molecule has 0 aromatic rings. The minimum atomic E-state index is -1.83. The number of hydrogen-bond donors (Lipinski definition) is 5. The van der Waals surface area contributed by atoms with E-state index in [1.807, 2.05) is 0 Å². The average Bonchev–Trinajstić information content (AvgIpc) is 1.82. The number of azo groups is 1. The molecule has 0 spiro atoms. The van der Waals surface area contributed by atoms with Crippen molar-refractivity contribution >= 4 is 18.2 Å². The summed E-state index contributed by atoms with van der Waals surface area (Å²) in [5.74, 6) is 0. The van der Waals surface area contributed by atoms with Gasteiger partial charge in [-0.25, -0.2) is 14.4 Å². The van der Waals surface area contributed by atoms with Gasteiger partial charge in [-0.15, -0.1) is 0 Å². The van der Waals surface area contributed by atoms with Crippen LogP contribution >= 0.6 is 0 Å². The van der Waals surface area contributed by atoms with Crippen LogP contribution < -0.4 is 17.6 Å². The van der Waals surface area contributed by atoms with Crippen LogP contribution in [0.1, 0.15) is 0 Å². The lowest BCUT2D eigenvalue weighted by molar-refractivity contribution is 0.137. The first-order chi connectivity index (χ1) is 5.36. The van der Waals surface area contributed by atoms with Crippen LogP contribution in [0.5, 0.6) is 0 Å². The van der Waals surface area contributed by atoms with Gasteiger partial charge in [-0.1, -0.05) is 10.2 Å². The number of nitrogens with two attached hydrogens (primary N) is 2. The van der Waals surface area contributed by atoms with E-state index in [4.69, 9.17) is 15.0 Å². The van der Waals surface area contributed by atoms with E-state index in [0.29, 0.717) is 0 Å². The lowest BCUT2D eigenvalue weighted by Crippen LogP contribution is -2.07. The first-order valence-electron chi connectivity index (χ1n) is 2.28. The zero-order valence-corrected chi connectivity index (χ0v) is 6.38. The average molecular weight is 195 g/mol. The summed E-state index contributed by atoms with van der Waals surface area (Å²) >= 11 is 0. The molecule has 0 saturated carbocycles. The normalized spacial score (nSPS) is 7.69. The van der Waals surface area contributed by atoms with Gasteiger partial charge < -0.3 is 27.8 Å². The fourth-order valence-corrected chi connectivity index (χ4v) is 0.0986. The molecule has 0 heterocycles. The lowest BCUT2D eigenvalue weighted by atomic mass is 11.1. The van der Waals surface area contributed by atoms with Gasteiger partial charge in [0.2, 0.25) is 0 Å². The molecular formula is C3H9N5O5. The second-order valence-electron chi connectivity index (χ2n) is 1.16. The van der Waals surface area contributed by atoms with Crippen molar-refractivity contribution in [2.75, 3.05) is 0 Å². The predicted molar refractivity (Wildman–Crippen MR) is 39.7 cm³/mol. The van der Waals surface area contributed by atoms with Crippen LogP contribution in [0, 0.1) is 0 Å². The second kappa shape index (κ2) is 9.77. The molecule has 0 fully saturated rings. The van der Waals surface area contributed by atoms with Crippen molar-refractivity contribution in [1.82, 2.24) is 6.15 Å².